The second-order valence-electron chi connectivity index (χ2n) is 8.42. The topological polar surface area (TPSA) is 69.0 Å². The minimum atomic E-state index is 0.193. The summed E-state index contributed by atoms with van der Waals surface area (Å²) < 4.78 is 7.64. The van der Waals surface area contributed by atoms with Gasteiger partial charge in [0.25, 0.3) is 0 Å². The number of fused-ring (bicyclic) bond motifs is 1. The van der Waals surface area contributed by atoms with Gasteiger partial charge in [-0.05, 0) is 18.1 Å². The van der Waals surface area contributed by atoms with E-state index in [4.69, 9.17) is 14.7 Å². The third-order valence-corrected chi connectivity index (χ3v) is 7.45. The zero-order valence-corrected chi connectivity index (χ0v) is 19.9. The summed E-state index contributed by atoms with van der Waals surface area (Å²) >= 11 is 1.68. The summed E-state index contributed by atoms with van der Waals surface area (Å²) in [5, 5.41) is 1.07. The third-order valence-electron chi connectivity index (χ3n) is 6.32. The lowest BCUT2D eigenvalue weighted by molar-refractivity contribution is 0.121. The maximum atomic E-state index is 5.68. The highest BCUT2D eigenvalue weighted by Gasteiger charge is 2.29. The Morgan fingerprint density at radius 3 is 2.59 bits per heavy atom. The van der Waals surface area contributed by atoms with Gasteiger partial charge in [0.1, 0.15) is 10.6 Å². The van der Waals surface area contributed by atoms with Crippen molar-refractivity contribution in [3.63, 3.8) is 0 Å². The monoisotopic (exact) mass is 468 g/mol. The molecule has 0 saturated carbocycles. The largest absolute Gasteiger partial charge is 0.380 e. The molecule has 34 heavy (non-hydrogen) atoms. The molecular weight excluding hydrogens is 444 g/mol. The van der Waals surface area contributed by atoms with Gasteiger partial charge in [0.2, 0.25) is 0 Å². The number of hydrogen-bond acceptors (Lipinski definition) is 7. The normalized spacial score (nSPS) is 15.9. The van der Waals surface area contributed by atoms with Crippen LogP contribution in [0.5, 0.6) is 0 Å². The van der Waals surface area contributed by atoms with Crippen molar-refractivity contribution in [2.24, 2.45) is 7.05 Å². The minimum Gasteiger partial charge on any atom is -0.380 e. The molecule has 0 amide bonds. The number of imidazole rings is 1. The first-order valence-electron chi connectivity index (χ1n) is 11.3. The van der Waals surface area contributed by atoms with Crippen LogP contribution in [0.15, 0.2) is 67.3 Å². The van der Waals surface area contributed by atoms with Gasteiger partial charge in [-0.1, -0.05) is 36.4 Å². The molecule has 0 spiro atoms. The van der Waals surface area contributed by atoms with E-state index >= 15 is 0 Å². The first-order chi connectivity index (χ1) is 16.7. The van der Waals surface area contributed by atoms with Gasteiger partial charge in [-0.25, -0.2) is 15.0 Å². The first-order valence-corrected chi connectivity index (χ1v) is 12.1. The molecule has 8 heteroatoms. The summed E-state index contributed by atoms with van der Waals surface area (Å²) in [4.78, 5) is 23.5. The van der Waals surface area contributed by atoms with Crippen molar-refractivity contribution in [1.82, 2.24) is 24.5 Å². The quantitative estimate of drug-likeness (QED) is 0.360. The van der Waals surface area contributed by atoms with Crippen LogP contribution < -0.4 is 4.90 Å². The molecule has 1 fully saturated rings. The molecular formula is C26H24N6OS. The van der Waals surface area contributed by atoms with E-state index in [1.807, 2.05) is 36.1 Å². The van der Waals surface area contributed by atoms with Crippen LogP contribution in [-0.2, 0) is 11.8 Å². The Labute approximate surface area is 201 Å². The first kappa shape index (κ1) is 20.9. The number of thiophene rings is 1. The summed E-state index contributed by atoms with van der Waals surface area (Å²) in [6, 6.07) is 14.6. The number of hydrogen-bond donors (Lipinski definition) is 0. The number of aromatic nitrogens is 5. The number of pyridine rings is 1. The molecule has 0 N–H and O–H groups in total. The zero-order chi connectivity index (χ0) is 23.1. The van der Waals surface area contributed by atoms with E-state index in [1.165, 1.54) is 0 Å². The van der Waals surface area contributed by atoms with Gasteiger partial charge in [0.05, 0.1) is 11.5 Å². The van der Waals surface area contributed by atoms with Gasteiger partial charge in [0.15, 0.2) is 11.6 Å². The summed E-state index contributed by atoms with van der Waals surface area (Å²) in [6.07, 6.45) is 8.59. The molecule has 0 aliphatic carbocycles. The Hall–Kier alpha value is -3.62. The third kappa shape index (κ3) is 3.55. The Kier molecular flexibility index (Phi) is 5.31. The van der Waals surface area contributed by atoms with Crippen LogP contribution in [-0.4, -0.2) is 50.8 Å². The van der Waals surface area contributed by atoms with Gasteiger partial charge in [0, 0.05) is 68.0 Å². The highest BCUT2D eigenvalue weighted by atomic mass is 32.1. The van der Waals surface area contributed by atoms with Crippen molar-refractivity contribution in [3.05, 3.63) is 67.3 Å². The summed E-state index contributed by atoms with van der Waals surface area (Å²) in [6.45, 7) is 1.69. The molecule has 170 valence electrons. The van der Waals surface area contributed by atoms with E-state index in [2.05, 4.69) is 45.2 Å². The fourth-order valence-corrected chi connectivity index (χ4v) is 5.77. The molecule has 1 aliphatic heterocycles. The average molecular weight is 469 g/mol. The summed E-state index contributed by atoms with van der Waals surface area (Å²) in [5.41, 5.74) is 3.37. The zero-order valence-electron chi connectivity index (χ0n) is 19.0. The van der Waals surface area contributed by atoms with Crippen LogP contribution in [0, 0.1) is 0 Å². The highest BCUT2D eigenvalue weighted by Crippen LogP contribution is 2.47. The van der Waals surface area contributed by atoms with Crippen LogP contribution in [0.2, 0.25) is 0 Å². The van der Waals surface area contributed by atoms with Crippen molar-refractivity contribution in [1.29, 1.82) is 0 Å². The SMILES string of the molecule is COC1CCN(c2nc(-c3nccn3C)nc3sc(-c4cccnc4)c(-c4ccccc4)c23)C1. The van der Waals surface area contributed by atoms with E-state index in [0.29, 0.717) is 5.82 Å². The molecule has 5 heterocycles. The number of anilines is 1. The lowest BCUT2D eigenvalue weighted by atomic mass is 10.0. The standard InChI is InChI=1S/C26H24N6OS/c1-31-14-12-28-25(31)23-29-24(32-13-10-19(16-32)33-2)21-20(17-7-4-3-5-8-17)22(34-26(21)30-23)18-9-6-11-27-15-18/h3-9,11-12,14-15,19H,10,13,16H2,1-2H3. The molecule has 1 aromatic carbocycles. The summed E-state index contributed by atoms with van der Waals surface area (Å²) in [7, 11) is 3.75. The number of ether oxygens (including phenoxy) is 1. The maximum absolute atomic E-state index is 5.68. The Morgan fingerprint density at radius 2 is 1.88 bits per heavy atom. The number of rotatable bonds is 5. The molecule has 5 aromatic rings. The van der Waals surface area contributed by atoms with Crippen molar-refractivity contribution >= 4 is 27.4 Å². The molecule has 1 atom stereocenters. The van der Waals surface area contributed by atoms with Gasteiger partial charge >= 0.3 is 0 Å². The molecule has 4 aromatic heterocycles. The molecule has 0 bridgehead atoms. The lowest BCUT2D eigenvalue weighted by Crippen LogP contribution is -2.23. The van der Waals surface area contributed by atoms with Crippen LogP contribution in [0.3, 0.4) is 0 Å². The second kappa shape index (κ2) is 8.62. The molecule has 6 rings (SSSR count). The second-order valence-corrected chi connectivity index (χ2v) is 9.42. The highest BCUT2D eigenvalue weighted by molar-refractivity contribution is 7.22. The van der Waals surface area contributed by atoms with Gasteiger partial charge in [-0.15, -0.1) is 11.3 Å². The fourth-order valence-electron chi connectivity index (χ4n) is 4.59. The number of nitrogens with zero attached hydrogens (tertiary/aromatic N) is 6. The van der Waals surface area contributed by atoms with E-state index in [1.54, 1.807) is 30.8 Å². The minimum absolute atomic E-state index is 0.193. The van der Waals surface area contributed by atoms with Crippen molar-refractivity contribution in [2.45, 2.75) is 12.5 Å². The lowest BCUT2D eigenvalue weighted by Gasteiger charge is -2.20. The predicted octanol–water partition coefficient (Wildman–Crippen LogP) is 5.05. The van der Waals surface area contributed by atoms with Gasteiger partial charge in [-0.3, -0.25) is 4.98 Å². The van der Waals surface area contributed by atoms with Crippen LogP contribution >= 0.6 is 11.3 Å². The molecule has 0 radical (unpaired) electrons. The molecule has 1 aliphatic rings. The van der Waals surface area contributed by atoms with Crippen molar-refractivity contribution in [3.8, 4) is 33.2 Å². The van der Waals surface area contributed by atoms with E-state index in [-0.39, 0.29) is 6.10 Å². The Morgan fingerprint density at radius 1 is 1.03 bits per heavy atom. The van der Waals surface area contributed by atoms with Crippen LogP contribution in [0.4, 0.5) is 5.82 Å². The van der Waals surface area contributed by atoms with Gasteiger partial charge < -0.3 is 14.2 Å². The number of aryl methyl sites for hydroxylation is 1. The molecule has 7 nitrogen and oxygen atoms in total. The van der Waals surface area contributed by atoms with E-state index < -0.39 is 0 Å². The Balaban J connectivity index is 1.67. The maximum Gasteiger partial charge on any atom is 0.199 e. The molecule has 1 saturated heterocycles. The molecule has 1 unspecified atom stereocenters. The fraction of sp³-hybridized carbons (Fsp3) is 0.231. The van der Waals surface area contributed by atoms with Crippen molar-refractivity contribution in [2.75, 3.05) is 25.1 Å². The summed E-state index contributed by atoms with van der Waals surface area (Å²) in [5.74, 6) is 2.32. The van der Waals surface area contributed by atoms with Gasteiger partial charge in [-0.2, -0.15) is 0 Å². The van der Waals surface area contributed by atoms with E-state index in [0.717, 1.165) is 62.9 Å². The van der Waals surface area contributed by atoms with E-state index in [9.17, 15) is 0 Å². The van der Waals surface area contributed by atoms with Crippen molar-refractivity contribution < 1.29 is 4.74 Å². The number of methoxy groups -OCH3 is 1. The van der Waals surface area contributed by atoms with Crippen LogP contribution in [0.1, 0.15) is 6.42 Å². The predicted molar refractivity (Wildman–Crippen MR) is 136 cm³/mol. The van der Waals surface area contributed by atoms with Crippen LogP contribution in [0.25, 0.3) is 43.4 Å². The smallest absolute Gasteiger partial charge is 0.199 e. The average Bonchev–Trinajstić information content (AvgIpc) is 3.62. The Bertz CT molecular complexity index is 1450. The number of benzene rings is 1.